The third-order valence-corrected chi connectivity index (χ3v) is 2.95. The van der Waals surface area contributed by atoms with Gasteiger partial charge in [0.25, 0.3) is 0 Å². The summed E-state index contributed by atoms with van der Waals surface area (Å²) in [6.07, 6.45) is 1.07. The van der Waals surface area contributed by atoms with E-state index in [-0.39, 0.29) is 31.2 Å². The molecule has 3 N–H and O–H groups in total. The van der Waals surface area contributed by atoms with Gasteiger partial charge in [0.05, 0.1) is 12.6 Å². The molecule has 0 spiro atoms. The van der Waals surface area contributed by atoms with Gasteiger partial charge in [0.1, 0.15) is 6.61 Å². The highest BCUT2D eigenvalue weighted by molar-refractivity contribution is 5.83. The van der Waals surface area contributed by atoms with Crippen molar-refractivity contribution in [2.45, 2.75) is 25.9 Å². The van der Waals surface area contributed by atoms with Crippen molar-refractivity contribution >= 4 is 17.9 Å². The van der Waals surface area contributed by atoms with Gasteiger partial charge in [-0.05, 0) is 19.8 Å². The van der Waals surface area contributed by atoms with E-state index in [2.05, 4.69) is 10.6 Å². The zero-order valence-electron chi connectivity index (χ0n) is 11.6. The summed E-state index contributed by atoms with van der Waals surface area (Å²) in [5.41, 5.74) is 0. The number of piperidine rings is 1. The first-order chi connectivity index (χ1) is 9.52. The van der Waals surface area contributed by atoms with Crippen molar-refractivity contribution in [3.8, 4) is 0 Å². The molecule has 1 fully saturated rings. The van der Waals surface area contributed by atoms with Gasteiger partial charge in [-0.3, -0.25) is 4.79 Å². The smallest absolute Gasteiger partial charge is 0.329 e. The second-order valence-electron chi connectivity index (χ2n) is 4.50. The highest BCUT2D eigenvalue weighted by Gasteiger charge is 2.23. The van der Waals surface area contributed by atoms with Crippen LogP contribution in [0.4, 0.5) is 4.79 Å². The van der Waals surface area contributed by atoms with E-state index in [1.807, 2.05) is 6.92 Å². The van der Waals surface area contributed by atoms with Crippen LogP contribution < -0.4 is 10.6 Å². The van der Waals surface area contributed by atoms with E-state index in [4.69, 9.17) is 9.84 Å². The minimum absolute atomic E-state index is 0.0396. The lowest BCUT2D eigenvalue weighted by Crippen LogP contribution is -2.48. The summed E-state index contributed by atoms with van der Waals surface area (Å²) in [4.78, 5) is 35.0. The Bertz CT molecular complexity index is 353. The summed E-state index contributed by atoms with van der Waals surface area (Å²) >= 11 is 0. The highest BCUT2D eigenvalue weighted by atomic mass is 16.5. The Morgan fingerprint density at radius 1 is 1.25 bits per heavy atom. The molecule has 0 aromatic carbocycles. The standard InChI is InChI=1S/C12H21N3O5/c1-2-13-10(16)7-14-12(19)15-5-3-9(4-6-15)20-8-11(17)18/h9H,2-8H2,1H3,(H,13,16)(H,14,19)(H,17,18). The number of rotatable bonds is 6. The fourth-order valence-electron chi connectivity index (χ4n) is 1.94. The van der Waals surface area contributed by atoms with Crippen LogP contribution in [0.2, 0.25) is 0 Å². The first-order valence-electron chi connectivity index (χ1n) is 6.65. The van der Waals surface area contributed by atoms with Crippen LogP contribution in [0.15, 0.2) is 0 Å². The highest BCUT2D eigenvalue weighted by Crippen LogP contribution is 2.13. The van der Waals surface area contributed by atoms with Gasteiger partial charge in [-0.15, -0.1) is 0 Å². The topological polar surface area (TPSA) is 108 Å². The van der Waals surface area contributed by atoms with E-state index >= 15 is 0 Å². The van der Waals surface area contributed by atoms with Crippen LogP contribution in [-0.2, 0) is 14.3 Å². The summed E-state index contributed by atoms with van der Waals surface area (Å²) in [6, 6.07) is -0.284. The average Bonchev–Trinajstić information content (AvgIpc) is 2.43. The van der Waals surface area contributed by atoms with Gasteiger partial charge in [-0.2, -0.15) is 0 Å². The molecule has 1 saturated heterocycles. The van der Waals surface area contributed by atoms with Gasteiger partial charge in [0.15, 0.2) is 0 Å². The zero-order valence-corrected chi connectivity index (χ0v) is 11.6. The fraction of sp³-hybridized carbons (Fsp3) is 0.750. The summed E-state index contributed by atoms with van der Waals surface area (Å²) < 4.78 is 5.18. The number of amides is 3. The van der Waals surface area contributed by atoms with Gasteiger partial charge >= 0.3 is 12.0 Å². The Labute approximate surface area is 117 Å². The number of carbonyl (C=O) groups excluding carboxylic acids is 2. The Balaban J connectivity index is 2.21. The molecule has 20 heavy (non-hydrogen) atoms. The van der Waals surface area contributed by atoms with Gasteiger partial charge in [-0.25, -0.2) is 9.59 Å². The van der Waals surface area contributed by atoms with Crippen LogP contribution in [0, 0.1) is 0 Å². The average molecular weight is 287 g/mol. The van der Waals surface area contributed by atoms with Crippen molar-refractivity contribution in [3.05, 3.63) is 0 Å². The number of likely N-dealkylation sites (N-methyl/N-ethyl adjacent to an activating group) is 1. The zero-order chi connectivity index (χ0) is 15.0. The molecule has 0 aliphatic carbocycles. The summed E-state index contributed by atoms with van der Waals surface area (Å²) in [5, 5.41) is 13.6. The molecule has 0 aromatic rings. The van der Waals surface area contributed by atoms with Crippen molar-refractivity contribution in [1.29, 1.82) is 0 Å². The Morgan fingerprint density at radius 2 is 1.90 bits per heavy atom. The number of carboxylic acids is 1. The largest absolute Gasteiger partial charge is 0.480 e. The first kappa shape index (κ1) is 16.2. The molecule has 1 aliphatic rings. The first-order valence-corrected chi connectivity index (χ1v) is 6.65. The lowest BCUT2D eigenvalue weighted by molar-refractivity contribution is -0.145. The molecule has 0 aromatic heterocycles. The van der Waals surface area contributed by atoms with Gasteiger partial charge in [-0.1, -0.05) is 0 Å². The van der Waals surface area contributed by atoms with E-state index < -0.39 is 5.97 Å². The SMILES string of the molecule is CCNC(=O)CNC(=O)N1CCC(OCC(=O)O)CC1. The van der Waals surface area contributed by atoms with Gasteiger partial charge in [0.2, 0.25) is 5.91 Å². The molecule has 8 nitrogen and oxygen atoms in total. The van der Waals surface area contributed by atoms with Crippen LogP contribution in [0.3, 0.4) is 0 Å². The second-order valence-corrected chi connectivity index (χ2v) is 4.50. The number of likely N-dealkylation sites (tertiary alicyclic amines) is 1. The molecule has 1 rings (SSSR count). The molecule has 0 saturated carbocycles. The summed E-state index contributed by atoms with van der Waals surface area (Å²) in [5.74, 6) is -1.22. The van der Waals surface area contributed by atoms with Crippen LogP contribution in [0.1, 0.15) is 19.8 Å². The molecule has 0 unspecified atom stereocenters. The quantitative estimate of drug-likeness (QED) is 0.604. The lowest BCUT2D eigenvalue weighted by atomic mass is 10.1. The second kappa shape index (κ2) is 8.36. The van der Waals surface area contributed by atoms with Crippen molar-refractivity contribution < 1.29 is 24.2 Å². The third kappa shape index (κ3) is 5.87. The van der Waals surface area contributed by atoms with Gasteiger partial charge in [0, 0.05) is 19.6 Å². The lowest BCUT2D eigenvalue weighted by Gasteiger charge is -2.31. The predicted octanol–water partition coefficient (Wildman–Crippen LogP) is -0.602. The number of nitrogens with one attached hydrogen (secondary N) is 2. The maximum absolute atomic E-state index is 11.8. The Hall–Kier alpha value is -1.83. The number of aliphatic carboxylic acids is 1. The minimum Gasteiger partial charge on any atom is -0.480 e. The predicted molar refractivity (Wildman–Crippen MR) is 70.3 cm³/mol. The van der Waals surface area contributed by atoms with Crippen molar-refractivity contribution in [2.75, 3.05) is 32.8 Å². The van der Waals surface area contributed by atoms with E-state index in [1.54, 1.807) is 4.90 Å². The maximum Gasteiger partial charge on any atom is 0.329 e. The number of urea groups is 1. The normalized spacial score (nSPS) is 15.8. The van der Waals surface area contributed by atoms with E-state index in [0.29, 0.717) is 32.5 Å². The molecular formula is C12H21N3O5. The molecule has 0 bridgehead atoms. The van der Waals surface area contributed by atoms with Crippen LogP contribution in [0.5, 0.6) is 0 Å². The van der Waals surface area contributed by atoms with Crippen LogP contribution >= 0.6 is 0 Å². The number of carbonyl (C=O) groups is 3. The van der Waals surface area contributed by atoms with Crippen molar-refractivity contribution in [3.63, 3.8) is 0 Å². The third-order valence-electron chi connectivity index (χ3n) is 2.95. The van der Waals surface area contributed by atoms with Gasteiger partial charge < -0.3 is 25.4 Å². The number of ether oxygens (including phenoxy) is 1. The van der Waals surface area contributed by atoms with Crippen molar-refractivity contribution in [2.24, 2.45) is 0 Å². The maximum atomic E-state index is 11.8. The molecule has 3 amide bonds. The number of hydrogen-bond acceptors (Lipinski definition) is 4. The van der Waals surface area contributed by atoms with E-state index in [0.717, 1.165) is 0 Å². The molecule has 0 atom stereocenters. The monoisotopic (exact) mass is 287 g/mol. The molecule has 0 radical (unpaired) electrons. The Morgan fingerprint density at radius 3 is 2.45 bits per heavy atom. The van der Waals surface area contributed by atoms with Crippen LogP contribution in [-0.4, -0.2) is 66.8 Å². The molecule has 1 aliphatic heterocycles. The van der Waals surface area contributed by atoms with E-state index in [9.17, 15) is 14.4 Å². The van der Waals surface area contributed by atoms with Crippen molar-refractivity contribution in [1.82, 2.24) is 15.5 Å². The number of hydrogen-bond donors (Lipinski definition) is 3. The van der Waals surface area contributed by atoms with E-state index in [1.165, 1.54) is 0 Å². The number of carboxylic acid groups (broad SMARTS) is 1. The summed E-state index contributed by atoms with van der Waals surface area (Å²) in [7, 11) is 0. The molecule has 8 heteroatoms. The summed E-state index contributed by atoms with van der Waals surface area (Å²) in [6.45, 7) is 2.97. The Kier molecular flexibility index (Phi) is 6.78. The fourth-order valence-corrected chi connectivity index (χ4v) is 1.94. The molecule has 1 heterocycles. The minimum atomic E-state index is -0.993. The molecule has 114 valence electrons. The molecular weight excluding hydrogens is 266 g/mol. The van der Waals surface area contributed by atoms with Crippen LogP contribution in [0.25, 0.3) is 0 Å². The number of nitrogens with zero attached hydrogens (tertiary/aromatic N) is 1.